The number of carbonyl (C=O) groups is 1. The molecule has 17 heavy (non-hydrogen) atoms. The van der Waals surface area contributed by atoms with Gasteiger partial charge in [0.2, 0.25) is 0 Å². The third-order valence-corrected chi connectivity index (χ3v) is 3.97. The van der Waals surface area contributed by atoms with Gasteiger partial charge in [-0.1, -0.05) is 13.3 Å². The van der Waals surface area contributed by atoms with Crippen LogP contribution in [-0.2, 0) is 16.8 Å². The predicted molar refractivity (Wildman–Crippen MR) is 64.1 cm³/mol. The van der Waals surface area contributed by atoms with E-state index in [1.165, 1.54) is 0 Å². The lowest BCUT2D eigenvalue weighted by molar-refractivity contribution is 0.0530. The van der Waals surface area contributed by atoms with Gasteiger partial charge < -0.3 is 4.74 Å². The summed E-state index contributed by atoms with van der Waals surface area (Å²) >= 11 is 1.16. The Morgan fingerprint density at radius 2 is 2.24 bits per heavy atom. The molecule has 1 aromatic heterocycles. The molecule has 1 aliphatic rings. The number of carbonyl (C=O) groups excluding carboxylic acids is 1. The van der Waals surface area contributed by atoms with Crippen LogP contribution in [0, 0.1) is 0 Å². The molecule has 0 atom stereocenters. The van der Waals surface area contributed by atoms with E-state index in [0.717, 1.165) is 17.8 Å². The van der Waals surface area contributed by atoms with E-state index < -0.39 is 5.67 Å². The van der Waals surface area contributed by atoms with Crippen molar-refractivity contribution in [2.45, 2.75) is 45.2 Å². The molecule has 0 aliphatic heterocycles. The number of alkyl halides is 1. The van der Waals surface area contributed by atoms with Crippen molar-refractivity contribution in [3.63, 3.8) is 0 Å². The van der Waals surface area contributed by atoms with E-state index in [-0.39, 0.29) is 5.97 Å². The normalized spacial score (nSPS) is 16.9. The molecule has 1 fully saturated rings. The van der Waals surface area contributed by atoms with E-state index in [2.05, 4.69) is 4.98 Å². The Morgan fingerprint density at radius 1 is 1.53 bits per heavy atom. The van der Waals surface area contributed by atoms with Crippen molar-refractivity contribution in [3.8, 4) is 0 Å². The number of nitrogens with zero attached hydrogens (tertiary/aromatic N) is 1. The zero-order valence-corrected chi connectivity index (χ0v) is 10.9. The molecule has 0 aromatic carbocycles. The average Bonchev–Trinajstić information content (AvgIpc) is 2.90. The quantitative estimate of drug-likeness (QED) is 0.760. The molecule has 0 radical (unpaired) electrons. The Morgan fingerprint density at radius 3 is 2.76 bits per heavy atom. The summed E-state index contributed by atoms with van der Waals surface area (Å²) in [6, 6.07) is 0. The zero-order chi connectivity index (χ0) is 12.5. The van der Waals surface area contributed by atoms with Crippen molar-refractivity contribution in [1.82, 2.24) is 4.98 Å². The van der Waals surface area contributed by atoms with Crippen molar-refractivity contribution < 1.29 is 13.9 Å². The van der Waals surface area contributed by atoms with Crippen LogP contribution in [0.25, 0.3) is 0 Å². The second-order valence-electron chi connectivity index (χ2n) is 4.23. The van der Waals surface area contributed by atoms with Gasteiger partial charge in [0.15, 0.2) is 5.67 Å². The number of aromatic nitrogens is 1. The maximum Gasteiger partial charge on any atom is 0.350 e. The summed E-state index contributed by atoms with van der Waals surface area (Å²) in [7, 11) is 0. The van der Waals surface area contributed by atoms with Crippen molar-refractivity contribution in [3.05, 3.63) is 15.6 Å². The first-order chi connectivity index (χ1) is 8.10. The molecule has 1 aromatic rings. The van der Waals surface area contributed by atoms with Crippen LogP contribution in [0.1, 0.15) is 53.5 Å². The lowest BCUT2D eigenvalue weighted by atomic mass is 10.2. The lowest BCUT2D eigenvalue weighted by Gasteiger charge is -2.00. The van der Waals surface area contributed by atoms with E-state index in [9.17, 15) is 9.18 Å². The Bertz CT molecular complexity index is 426. The van der Waals surface area contributed by atoms with E-state index >= 15 is 0 Å². The Labute approximate surface area is 104 Å². The number of rotatable bonds is 5. The summed E-state index contributed by atoms with van der Waals surface area (Å²) in [6.45, 7) is 4.10. The largest absolute Gasteiger partial charge is 0.462 e. The van der Waals surface area contributed by atoms with E-state index in [1.54, 1.807) is 6.92 Å². The molecular formula is C12H16FNO2S. The van der Waals surface area contributed by atoms with Crippen molar-refractivity contribution in [1.29, 1.82) is 0 Å². The van der Waals surface area contributed by atoms with Gasteiger partial charge in [-0.05, 0) is 26.2 Å². The zero-order valence-electron chi connectivity index (χ0n) is 10.1. The second kappa shape index (κ2) is 4.72. The molecule has 1 heterocycles. The molecule has 1 aliphatic carbocycles. The molecule has 0 saturated heterocycles. The first-order valence-corrected chi connectivity index (χ1v) is 6.78. The first kappa shape index (κ1) is 12.5. The first-order valence-electron chi connectivity index (χ1n) is 5.97. The predicted octanol–water partition coefficient (Wildman–Crippen LogP) is 3.23. The SMILES string of the molecule is CCCc1nc(C2(F)CC2)sc1C(=O)OCC. The summed E-state index contributed by atoms with van der Waals surface area (Å²) < 4.78 is 18.9. The van der Waals surface area contributed by atoms with Crippen molar-refractivity contribution in [2.75, 3.05) is 6.61 Å². The summed E-state index contributed by atoms with van der Waals surface area (Å²) in [4.78, 5) is 16.5. The third-order valence-electron chi connectivity index (χ3n) is 2.72. The van der Waals surface area contributed by atoms with E-state index in [0.29, 0.717) is 41.4 Å². The van der Waals surface area contributed by atoms with Crippen LogP contribution in [0.15, 0.2) is 0 Å². The van der Waals surface area contributed by atoms with Gasteiger partial charge in [-0.3, -0.25) is 0 Å². The minimum atomic E-state index is -1.27. The second-order valence-corrected chi connectivity index (χ2v) is 5.23. The van der Waals surface area contributed by atoms with Gasteiger partial charge in [0.25, 0.3) is 0 Å². The number of ether oxygens (including phenoxy) is 1. The van der Waals surface area contributed by atoms with Gasteiger partial charge in [-0.25, -0.2) is 14.2 Å². The maximum atomic E-state index is 13.9. The molecule has 0 spiro atoms. The molecule has 94 valence electrons. The minimum absolute atomic E-state index is 0.332. The highest BCUT2D eigenvalue weighted by Gasteiger charge is 2.48. The van der Waals surface area contributed by atoms with Crippen molar-refractivity contribution >= 4 is 17.3 Å². The highest BCUT2D eigenvalue weighted by Crippen LogP contribution is 2.51. The van der Waals surface area contributed by atoms with Crippen LogP contribution >= 0.6 is 11.3 Å². The topological polar surface area (TPSA) is 39.2 Å². The molecule has 0 N–H and O–H groups in total. The summed E-state index contributed by atoms with van der Waals surface area (Å²) in [6.07, 6.45) is 2.62. The monoisotopic (exact) mass is 257 g/mol. The molecule has 3 nitrogen and oxygen atoms in total. The molecule has 5 heteroatoms. The van der Waals surface area contributed by atoms with Gasteiger partial charge in [-0.15, -0.1) is 11.3 Å². The summed E-state index contributed by atoms with van der Waals surface area (Å²) in [5.41, 5.74) is -0.576. The number of aryl methyl sites for hydroxylation is 1. The Hall–Kier alpha value is -0.970. The molecular weight excluding hydrogens is 241 g/mol. The van der Waals surface area contributed by atoms with Crippen LogP contribution in [0.2, 0.25) is 0 Å². The van der Waals surface area contributed by atoms with Gasteiger partial charge in [0, 0.05) is 0 Å². The van der Waals surface area contributed by atoms with Crippen LogP contribution in [-0.4, -0.2) is 17.6 Å². The van der Waals surface area contributed by atoms with Crippen LogP contribution < -0.4 is 0 Å². The highest BCUT2D eigenvalue weighted by molar-refractivity contribution is 7.13. The number of hydrogen-bond donors (Lipinski definition) is 0. The van der Waals surface area contributed by atoms with E-state index in [4.69, 9.17) is 4.74 Å². The lowest BCUT2D eigenvalue weighted by Crippen LogP contribution is -2.05. The Balaban J connectivity index is 2.28. The Kier molecular flexibility index (Phi) is 3.47. The van der Waals surface area contributed by atoms with Gasteiger partial charge in [0.1, 0.15) is 9.88 Å². The number of thiazole rings is 1. The third kappa shape index (κ3) is 2.49. The smallest absolute Gasteiger partial charge is 0.350 e. The molecule has 0 bridgehead atoms. The fraction of sp³-hybridized carbons (Fsp3) is 0.667. The molecule has 2 rings (SSSR count). The van der Waals surface area contributed by atoms with Crippen LogP contribution in [0.3, 0.4) is 0 Å². The maximum absolute atomic E-state index is 13.9. The van der Waals surface area contributed by atoms with Gasteiger partial charge >= 0.3 is 5.97 Å². The van der Waals surface area contributed by atoms with Gasteiger partial charge in [0.05, 0.1) is 12.3 Å². The number of esters is 1. The number of halogens is 1. The van der Waals surface area contributed by atoms with Crippen molar-refractivity contribution in [2.24, 2.45) is 0 Å². The van der Waals surface area contributed by atoms with E-state index in [1.807, 2.05) is 6.92 Å². The molecule has 0 unspecified atom stereocenters. The van der Waals surface area contributed by atoms with Crippen LogP contribution in [0.4, 0.5) is 4.39 Å². The molecule has 1 saturated carbocycles. The number of hydrogen-bond acceptors (Lipinski definition) is 4. The van der Waals surface area contributed by atoms with Crippen LogP contribution in [0.5, 0.6) is 0 Å². The summed E-state index contributed by atoms with van der Waals surface area (Å²) in [5, 5.41) is 0.448. The fourth-order valence-electron chi connectivity index (χ4n) is 1.63. The minimum Gasteiger partial charge on any atom is -0.462 e. The summed E-state index contributed by atoms with van der Waals surface area (Å²) in [5.74, 6) is -0.371. The standard InChI is InChI=1S/C12H16FNO2S/c1-3-5-8-9(10(15)16-4-2)17-11(14-8)12(13)6-7-12/h3-7H2,1-2H3. The highest BCUT2D eigenvalue weighted by atomic mass is 32.1. The average molecular weight is 257 g/mol. The molecule has 0 amide bonds. The van der Waals surface area contributed by atoms with Gasteiger partial charge in [-0.2, -0.15) is 0 Å². The fourth-order valence-corrected chi connectivity index (χ4v) is 2.77.